The smallest absolute Gasteiger partial charge is 0.349 e. The maximum atomic E-state index is 12.5. The van der Waals surface area contributed by atoms with Gasteiger partial charge < -0.3 is 14.8 Å². The third-order valence-corrected chi connectivity index (χ3v) is 4.86. The molecule has 0 aliphatic rings. The molecule has 5 nitrogen and oxygen atoms in total. The molecule has 3 rings (SSSR count). The van der Waals surface area contributed by atoms with Crippen LogP contribution in [0.25, 0.3) is 0 Å². The number of amides is 1. The summed E-state index contributed by atoms with van der Waals surface area (Å²) in [4.78, 5) is 24.7. The van der Waals surface area contributed by atoms with E-state index in [1.807, 2.05) is 56.3 Å². The topological polar surface area (TPSA) is 64.6 Å². The van der Waals surface area contributed by atoms with Crippen LogP contribution in [0.1, 0.15) is 46.8 Å². The molecule has 31 heavy (non-hydrogen) atoms. The van der Waals surface area contributed by atoms with Crippen LogP contribution in [0.3, 0.4) is 0 Å². The number of carbonyl (C=O) groups excluding carboxylic acids is 2. The van der Waals surface area contributed by atoms with Crippen LogP contribution in [0, 0.1) is 13.8 Å². The van der Waals surface area contributed by atoms with E-state index < -0.39 is 5.97 Å². The number of benzene rings is 3. The molecule has 5 heteroatoms. The van der Waals surface area contributed by atoms with Gasteiger partial charge in [-0.05, 0) is 67.3 Å². The first-order chi connectivity index (χ1) is 14.8. The fourth-order valence-corrected chi connectivity index (χ4v) is 3.21. The van der Waals surface area contributed by atoms with Gasteiger partial charge in [0.1, 0.15) is 11.5 Å². The Balaban J connectivity index is 1.56. The van der Waals surface area contributed by atoms with Crippen LogP contribution in [0.15, 0.2) is 66.7 Å². The average molecular weight is 418 g/mol. The highest BCUT2D eigenvalue weighted by atomic mass is 16.6. The van der Waals surface area contributed by atoms with E-state index in [1.165, 1.54) is 0 Å². The van der Waals surface area contributed by atoms with Gasteiger partial charge in [-0.3, -0.25) is 4.79 Å². The average Bonchev–Trinajstić information content (AvgIpc) is 2.75. The Kier molecular flexibility index (Phi) is 7.08. The van der Waals surface area contributed by atoms with Crippen LogP contribution in [-0.2, 0) is 4.79 Å². The zero-order valence-corrected chi connectivity index (χ0v) is 18.3. The zero-order chi connectivity index (χ0) is 22.4. The Hall–Kier alpha value is -3.60. The predicted octanol–water partition coefficient (Wildman–Crippen LogP) is 5.66. The molecule has 0 aliphatic carbocycles. The molecule has 1 N–H and O–H groups in total. The summed E-state index contributed by atoms with van der Waals surface area (Å²) >= 11 is 0. The number of carbonyl (C=O) groups is 2. The Morgan fingerprint density at radius 3 is 2.32 bits per heavy atom. The van der Waals surface area contributed by atoms with Crippen molar-refractivity contribution in [1.29, 1.82) is 0 Å². The van der Waals surface area contributed by atoms with Crippen molar-refractivity contribution in [2.75, 3.05) is 11.9 Å². The fourth-order valence-electron chi connectivity index (χ4n) is 3.21. The van der Waals surface area contributed by atoms with Crippen LogP contribution in [0.4, 0.5) is 5.69 Å². The van der Waals surface area contributed by atoms with Gasteiger partial charge in [0, 0.05) is 11.3 Å². The Labute approximate surface area is 183 Å². The molecule has 0 aliphatic heterocycles. The van der Waals surface area contributed by atoms with E-state index in [1.54, 1.807) is 24.3 Å². The molecule has 0 atom stereocenters. The van der Waals surface area contributed by atoms with Crippen LogP contribution >= 0.6 is 0 Å². The highest BCUT2D eigenvalue weighted by Gasteiger charge is 2.12. The molecular formula is C26H27NO4. The molecule has 3 aromatic carbocycles. The third-order valence-electron chi connectivity index (χ3n) is 4.86. The van der Waals surface area contributed by atoms with Gasteiger partial charge in [-0.15, -0.1) is 0 Å². The van der Waals surface area contributed by atoms with Crippen LogP contribution in [-0.4, -0.2) is 18.5 Å². The van der Waals surface area contributed by atoms with Gasteiger partial charge in [-0.2, -0.15) is 0 Å². The number of para-hydroxylation sites is 1. The van der Waals surface area contributed by atoms with Gasteiger partial charge in [0.25, 0.3) is 5.91 Å². The summed E-state index contributed by atoms with van der Waals surface area (Å²) in [6.07, 6.45) is 0. The third kappa shape index (κ3) is 5.95. The first kappa shape index (κ1) is 22.1. The lowest BCUT2D eigenvalue weighted by molar-refractivity contribution is -0.136. The number of hydrogen-bond acceptors (Lipinski definition) is 4. The molecular weight excluding hydrogens is 390 g/mol. The van der Waals surface area contributed by atoms with Gasteiger partial charge in [-0.25, -0.2) is 4.79 Å². The molecule has 0 aromatic heterocycles. The summed E-state index contributed by atoms with van der Waals surface area (Å²) in [6, 6.07) is 19.9. The van der Waals surface area contributed by atoms with Gasteiger partial charge in [0.2, 0.25) is 0 Å². The van der Waals surface area contributed by atoms with Gasteiger partial charge in [0.15, 0.2) is 6.61 Å². The number of anilines is 1. The molecule has 0 fully saturated rings. The lowest BCUT2D eigenvalue weighted by Gasteiger charge is -2.13. The van der Waals surface area contributed by atoms with E-state index in [4.69, 9.17) is 9.47 Å². The van der Waals surface area contributed by atoms with E-state index in [0.717, 1.165) is 22.4 Å². The van der Waals surface area contributed by atoms with Crippen LogP contribution in [0.2, 0.25) is 0 Å². The Morgan fingerprint density at radius 1 is 0.935 bits per heavy atom. The standard InChI is InChI=1S/C26H27NO4/c1-17(2)22-7-5-6-8-24(22)30-16-25(28)31-21-12-10-20(11-13-21)26(29)27-23-14-9-18(3)15-19(23)4/h5-15,17H,16H2,1-4H3,(H,27,29). The Morgan fingerprint density at radius 2 is 1.65 bits per heavy atom. The molecule has 0 heterocycles. The number of nitrogens with one attached hydrogen (secondary N) is 1. The highest BCUT2D eigenvalue weighted by molar-refractivity contribution is 6.04. The van der Waals surface area contributed by atoms with Crippen molar-refractivity contribution in [1.82, 2.24) is 0 Å². The van der Waals surface area contributed by atoms with Crippen molar-refractivity contribution in [2.24, 2.45) is 0 Å². The molecule has 160 valence electrons. The van der Waals surface area contributed by atoms with Gasteiger partial charge in [-0.1, -0.05) is 49.7 Å². The summed E-state index contributed by atoms with van der Waals surface area (Å²) in [5.74, 6) is 0.584. The van der Waals surface area contributed by atoms with Crippen molar-refractivity contribution in [3.05, 3.63) is 89.0 Å². The normalized spacial score (nSPS) is 10.6. The summed E-state index contributed by atoms with van der Waals surface area (Å²) in [7, 11) is 0. The second-order valence-corrected chi connectivity index (χ2v) is 7.75. The Bertz CT molecular complexity index is 1070. The number of esters is 1. The maximum absolute atomic E-state index is 12.5. The highest BCUT2D eigenvalue weighted by Crippen LogP contribution is 2.26. The van der Waals surface area contributed by atoms with Crippen molar-refractivity contribution >= 4 is 17.6 Å². The molecule has 1 amide bonds. The minimum absolute atomic E-state index is 0.196. The van der Waals surface area contributed by atoms with E-state index in [9.17, 15) is 9.59 Å². The predicted molar refractivity (Wildman–Crippen MR) is 122 cm³/mol. The second-order valence-electron chi connectivity index (χ2n) is 7.75. The number of aryl methyl sites for hydroxylation is 2. The monoisotopic (exact) mass is 417 g/mol. The summed E-state index contributed by atoms with van der Waals surface area (Å²) in [5, 5.41) is 2.90. The van der Waals surface area contributed by atoms with Crippen molar-refractivity contribution in [2.45, 2.75) is 33.6 Å². The minimum Gasteiger partial charge on any atom is -0.482 e. The first-order valence-electron chi connectivity index (χ1n) is 10.2. The molecule has 0 saturated heterocycles. The second kappa shape index (κ2) is 9.94. The van der Waals surface area contributed by atoms with Crippen LogP contribution in [0.5, 0.6) is 11.5 Å². The molecule has 3 aromatic rings. The molecule has 0 spiro atoms. The fraction of sp³-hybridized carbons (Fsp3) is 0.231. The summed E-state index contributed by atoms with van der Waals surface area (Å²) in [6.45, 7) is 7.90. The first-order valence-corrected chi connectivity index (χ1v) is 10.2. The lowest BCUT2D eigenvalue weighted by atomic mass is 10.0. The zero-order valence-electron chi connectivity index (χ0n) is 18.3. The van der Waals surface area contributed by atoms with E-state index in [-0.39, 0.29) is 18.4 Å². The summed E-state index contributed by atoms with van der Waals surface area (Å²) < 4.78 is 11.0. The number of hydrogen-bond donors (Lipinski definition) is 1. The van der Waals surface area contributed by atoms with Crippen molar-refractivity contribution < 1.29 is 19.1 Å². The lowest BCUT2D eigenvalue weighted by Crippen LogP contribution is -2.18. The van der Waals surface area contributed by atoms with E-state index >= 15 is 0 Å². The minimum atomic E-state index is -0.508. The molecule has 0 radical (unpaired) electrons. The van der Waals surface area contributed by atoms with E-state index in [2.05, 4.69) is 19.2 Å². The van der Waals surface area contributed by atoms with Crippen LogP contribution < -0.4 is 14.8 Å². The van der Waals surface area contributed by atoms with Gasteiger partial charge in [0.05, 0.1) is 0 Å². The molecule has 0 saturated carbocycles. The summed E-state index contributed by atoms with van der Waals surface area (Å²) in [5.41, 5.74) is 4.41. The largest absolute Gasteiger partial charge is 0.482 e. The maximum Gasteiger partial charge on any atom is 0.349 e. The quantitative estimate of drug-likeness (QED) is 0.398. The SMILES string of the molecule is Cc1ccc(NC(=O)c2ccc(OC(=O)COc3ccccc3C(C)C)cc2)c(C)c1. The van der Waals surface area contributed by atoms with E-state index in [0.29, 0.717) is 17.1 Å². The van der Waals surface area contributed by atoms with Gasteiger partial charge >= 0.3 is 5.97 Å². The molecule has 0 bridgehead atoms. The molecule has 0 unspecified atom stereocenters. The number of ether oxygens (including phenoxy) is 2. The van der Waals surface area contributed by atoms with Crippen molar-refractivity contribution in [3.8, 4) is 11.5 Å². The van der Waals surface area contributed by atoms with Crippen molar-refractivity contribution in [3.63, 3.8) is 0 Å². The number of rotatable bonds is 7.